The van der Waals surface area contributed by atoms with Gasteiger partial charge in [-0.05, 0) is 48.9 Å². The molecule has 4 aromatic rings. The van der Waals surface area contributed by atoms with Crippen molar-refractivity contribution in [3.63, 3.8) is 0 Å². The Hall–Kier alpha value is -2.59. The average molecular weight is 444 g/mol. The van der Waals surface area contributed by atoms with Gasteiger partial charge >= 0.3 is 0 Å². The number of sulfonamides is 1. The number of benzene rings is 2. The second kappa shape index (κ2) is 7.68. The van der Waals surface area contributed by atoms with Gasteiger partial charge in [-0.2, -0.15) is 0 Å². The number of fused-ring (bicyclic) bond motifs is 1. The topological polar surface area (TPSA) is 102 Å². The maximum absolute atomic E-state index is 12.7. The number of carbonyl (C=O) groups excluding carboxylic acids is 1. The van der Waals surface area contributed by atoms with Crippen molar-refractivity contribution in [2.45, 2.75) is 17.9 Å². The van der Waals surface area contributed by atoms with E-state index in [4.69, 9.17) is 5.14 Å². The molecule has 0 bridgehead atoms. The lowest BCUT2D eigenvalue weighted by Crippen LogP contribution is -2.26. The number of amides is 1. The molecule has 1 atom stereocenters. The summed E-state index contributed by atoms with van der Waals surface area (Å²) in [6.45, 7) is 1.79. The molecule has 0 saturated carbocycles. The molecule has 148 valence electrons. The summed E-state index contributed by atoms with van der Waals surface area (Å²) in [6.07, 6.45) is 0. The first kappa shape index (κ1) is 19.7. The van der Waals surface area contributed by atoms with Gasteiger partial charge in [0.05, 0.1) is 30.9 Å². The third-order valence-corrected chi connectivity index (χ3v) is 7.57. The van der Waals surface area contributed by atoms with E-state index in [1.54, 1.807) is 36.5 Å². The van der Waals surface area contributed by atoms with Crippen molar-refractivity contribution in [1.82, 2.24) is 10.3 Å². The Morgan fingerprint density at radius 2 is 1.86 bits per heavy atom. The van der Waals surface area contributed by atoms with Crippen LogP contribution < -0.4 is 10.5 Å². The molecule has 0 aliphatic rings. The van der Waals surface area contributed by atoms with Crippen molar-refractivity contribution in [3.05, 3.63) is 71.1 Å². The fourth-order valence-corrected chi connectivity index (χ4v) is 5.36. The largest absolute Gasteiger partial charge is 0.345 e. The molecule has 0 saturated heterocycles. The quantitative estimate of drug-likeness (QED) is 0.483. The molecule has 0 fully saturated rings. The SMILES string of the molecule is CC(NC(=O)c1ccc(-c2nc3ccccc3s2)s1)c1cccc(S(N)(=O)=O)c1. The molecule has 6 nitrogen and oxygen atoms in total. The van der Waals surface area contributed by atoms with Crippen LogP contribution in [0.2, 0.25) is 0 Å². The zero-order valence-corrected chi connectivity index (χ0v) is 17.8. The van der Waals surface area contributed by atoms with Crippen molar-refractivity contribution in [1.29, 1.82) is 0 Å². The molecule has 2 aromatic carbocycles. The third-order valence-electron chi connectivity index (χ3n) is 4.37. The number of hydrogen-bond acceptors (Lipinski definition) is 6. The Bertz CT molecular complexity index is 1280. The summed E-state index contributed by atoms with van der Waals surface area (Å²) in [7, 11) is -3.79. The van der Waals surface area contributed by atoms with Crippen molar-refractivity contribution < 1.29 is 13.2 Å². The first-order chi connectivity index (χ1) is 13.8. The summed E-state index contributed by atoms with van der Waals surface area (Å²) in [5, 5.41) is 8.97. The number of thiazole rings is 1. The van der Waals surface area contributed by atoms with Crippen LogP contribution in [0.3, 0.4) is 0 Å². The van der Waals surface area contributed by atoms with Crippen molar-refractivity contribution in [2.24, 2.45) is 5.14 Å². The minimum atomic E-state index is -3.79. The molecule has 0 aliphatic carbocycles. The predicted molar refractivity (Wildman–Crippen MR) is 117 cm³/mol. The van der Waals surface area contributed by atoms with Crippen LogP contribution in [-0.4, -0.2) is 19.3 Å². The van der Waals surface area contributed by atoms with E-state index in [1.807, 2.05) is 30.3 Å². The predicted octanol–water partition coefficient (Wildman–Crippen LogP) is 4.16. The van der Waals surface area contributed by atoms with E-state index in [0.29, 0.717) is 10.4 Å². The minimum absolute atomic E-state index is 0.0188. The van der Waals surface area contributed by atoms with E-state index in [1.165, 1.54) is 23.5 Å². The number of aromatic nitrogens is 1. The summed E-state index contributed by atoms with van der Waals surface area (Å²) in [5.41, 5.74) is 1.60. The molecule has 0 radical (unpaired) electrons. The van der Waals surface area contributed by atoms with Gasteiger partial charge in [-0.3, -0.25) is 4.79 Å². The first-order valence-corrected chi connectivity index (χ1v) is 11.9. The number of para-hydroxylation sites is 1. The molecular formula is C20H17N3O3S3. The highest BCUT2D eigenvalue weighted by atomic mass is 32.2. The molecule has 0 spiro atoms. The average Bonchev–Trinajstić information content (AvgIpc) is 3.34. The Morgan fingerprint density at radius 3 is 2.62 bits per heavy atom. The number of thiophene rings is 1. The Kier molecular flexibility index (Phi) is 5.22. The highest BCUT2D eigenvalue weighted by Gasteiger charge is 2.17. The standard InChI is InChI=1S/C20H17N3O3S3/c1-12(13-5-4-6-14(11-13)29(21,25)26)22-19(24)17-9-10-18(27-17)20-23-15-7-2-3-8-16(15)28-20/h2-12H,1H3,(H,22,24)(H2,21,25,26). The summed E-state index contributed by atoms with van der Waals surface area (Å²) < 4.78 is 24.2. The summed E-state index contributed by atoms with van der Waals surface area (Å²) in [6, 6.07) is 17.5. The highest BCUT2D eigenvalue weighted by Crippen LogP contribution is 2.34. The van der Waals surface area contributed by atoms with Crippen LogP contribution >= 0.6 is 22.7 Å². The van der Waals surface area contributed by atoms with E-state index in [2.05, 4.69) is 10.3 Å². The number of hydrogen-bond donors (Lipinski definition) is 2. The van der Waals surface area contributed by atoms with Gasteiger partial charge < -0.3 is 5.32 Å². The van der Waals surface area contributed by atoms with Gasteiger partial charge in [-0.25, -0.2) is 18.5 Å². The molecule has 2 heterocycles. The number of nitrogens with zero attached hydrogens (tertiary/aromatic N) is 1. The monoisotopic (exact) mass is 443 g/mol. The van der Waals surface area contributed by atoms with Gasteiger partial charge in [0.2, 0.25) is 10.0 Å². The van der Waals surface area contributed by atoms with E-state index in [-0.39, 0.29) is 16.8 Å². The van der Waals surface area contributed by atoms with E-state index in [9.17, 15) is 13.2 Å². The van der Waals surface area contributed by atoms with Crippen LogP contribution in [0.1, 0.15) is 28.2 Å². The second-order valence-corrected chi connectivity index (χ2v) is 10.1. The maximum Gasteiger partial charge on any atom is 0.261 e. The highest BCUT2D eigenvalue weighted by molar-refractivity contribution is 7.89. The van der Waals surface area contributed by atoms with Gasteiger partial charge in [0.15, 0.2) is 0 Å². The first-order valence-electron chi connectivity index (χ1n) is 8.71. The minimum Gasteiger partial charge on any atom is -0.345 e. The molecule has 1 amide bonds. The van der Waals surface area contributed by atoms with Gasteiger partial charge in [0, 0.05) is 0 Å². The van der Waals surface area contributed by atoms with Crippen molar-refractivity contribution >= 4 is 48.8 Å². The van der Waals surface area contributed by atoms with Gasteiger partial charge in [0.25, 0.3) is 5.91 Å². The van der Waals surface area contributed by atoms with Gasteiger partial charge in [-0.15, -0.1) is 22.7 Å². The number of carbonyl (C=O) groups is 1. The fourth-order valence-electron chi connectivity index (χ4n) is 2.86. The summed E-state index contributed by atoms with van der Waals surface area (Å²) in [5.74, 6) is -0.226. The zero-order chi connectivity index (χ0) is 20.6. The van der Waals surface area contributed by atoms with Gasteiger partial charge in [-0.1, -0.05) is 24.3 Å². The molecule has 3 N–H and O–H groups in total. The van der Waals surface area contributed by atoms with Crippen LogP contribution in [0.4, 0.5) is 0 Å². The van der Waals surface area contributed by atoms with E-state index < -0.39 is 10.0 Å². The normalized spacial score (nSPS) is 12.8. The molecular weight excluding hydrogens is 426 g/mol. The lowest BCUT2D eigenvalue weighted by Gasteiger charge is -2.14. The second-order valence-electron chi connectivity index (χ2n) is 6.46. The fraction of sp³-hybridized carbons (Fsp3) is 0.100. The van der Waals surface area contributed by atoms with Crippen LogP contribution in [0.25, 0.3) is 20.1 Å². The molecule has 29 heavy (non-hydrogen) atoms. The summed E-state index contributed by atoms with van der Waals surface area (Å²) in [4.78, 5) is 18.8. The summed E-state index contributed by atoms with van der Waals surface area (Å²) >= 11 is 2.96. The number of nitrogens with two attached hydrogens (primary N) is 1. The molecule has 1 unspecified atom stereocenters. The van der Waals surface area contributed by atoms with Crippen LogP contribution in [0.15, 0.2) is 65.6 Å². The Morgan fingerprint density at radius 1 is 1.07 bits per heavy atom. The number of rotatable bonds is 5. The lowest BCUT2D eigenvalue weighted by atomic mass is 10.1. The maximum atomic E-state index is 12.7. The molecule has 2 aromatic heterocycles. The Labute approximate surface area is 176 Å². The zero-order valence-electron chi connectivity index (χ0n) is 15.3. The molecule has 0 aliphatic heterocycles. The number of primary sulfonamides is 1. The van der Waals surface area contributed by atoms with Crippen LogP contribution in [-0.2, 0) is 10.0 Å². The lowest BCUT2D eigenvalue weighted by molar-refractivity contribution is 0.0944. The molecule has 4 rings (SSSR count). The van der Waals surface area contributed by atoms with Crippen LogP contribution in [0, 0.1) is 0 Å². The smallest absolute Gasteiger partial charge is 0.261 e. The molecule has 9 heteroatoms. The van der Waals surface area contributed by atoms with Crippen molar-refractivity contribution in [2.75, 3.05) is 0 Å². The van der Waals surface area contributed by atoms with Crippen LogP contribution in [0.5, 0.6) is 0 Å². The van der Waals surface area contributed by atoms with E-state index in [0.717, 1.165) is 20.1 Å². The van der Waals surface area contributed by atoms with Gasteiger partial charge in [0.1, 0.15) is 5.01 Å². The Balaban J connectivity index is 1.52. The number of nitrogens with one attached hydrogen (secondary N) is 1. The van der Waals surface area contributed by atoms with E-state index >= 15 is 0 Å². The van der Waals surface area contributed by atoms with Crippen molar-refractivity contribution in [3.8, 4) is 9.88 Å². The third kappa shape index (κ3) is 4.23.